The van der Waals surface area contributed by atoms with Crippen molar-refractivity contribution in [1.29, 1.82) is 0 Å². The molecule has 2 rings (SSSR count). The summed E-state index contributed by atoms with van der Waals surface area (Å²) in [6.45, 7) is 2.02. The molecule has 2 nitrogen and oxygen atoms in total. The van der Waals surface area contributed by atoms with E-state index >= 15 is 0 Å². The van der Waals surface area contributed by atoms with Crippen molar-refractivity contribution in [2.75, 3.05) is 7.11 Å². The van der Waals surface area contributed by atoms with Gasteiger partial charge in [-0.05, 0) is 48.7 Å². The molecule has 0 aliphatic rings. The molecule has 0 saturated carbocycles. The smallest absolute Gasteiger partial charge is 0.119 e. The normalized spacial score (nSPS) is 13.9. The van der Waals surface area contributed by atoms with Crippen LogP contribution in [-0.4, -0.2) is 7.11 Å². The van der Waals surface area contributed by atoms with E-state index in [0.29, 0.717) is 0 Å². The van der Waals surface area contributed by atoms with Crippen LogP contribution in [0.4, 0.5) is 0 Å². The fourth-order valence-corrected chi connectivity index (χ4v) is 2.27. The molecule has 0 saturated heterocycles. The average molecular weight is 276 g/mol. The van der Waals surface area contributed by atoms with Crippen LogP contribution in [0.3, 0.4) is 0 Å². The molecule has 2 aromatic rings. The highest BCUT2D eigenvalue weighted by Gasteiger charge is 2.21. The van der Waals surface area contributed by atoms with Gasteiger partial charge in [0.05, 0.1) is 7.11 Å². The summed E-state index contributed by atoms with van der Waals surface area (Å²) < 4.78 is 5.23. The standard InChI is InChI=1S/C16H18ClNO/c1-16(18,13-6-8-14(17)9-7-13)11-12-4-3-5-15(10-12)19-2/h3-10H,11,18H2,1-2H3. The molecule has 2 N–H and O–H groups in total. The number of halogens is 1. The summed E-state index contributed by atoms with van der Waals surface area (Å²) in [4.78, 5) is 0. The van der Waals surface area contributed by atoms with Crippen LogP contribution in [0.5, 0.6) is 5.75 Å². The van der Waals surface area contributed by atoms with Gasteiger partial charge >= 0.3 is 0 Å². The van der Waals surface area contributed by atoms with Crippen molar-refractivity contribution in [1.82, 2.24) is 0 Å². The van der Waals surface area contributed by atoms with Gasteiger partial charge in [-0.1, -0.05) is 35.9 Å². The van der Waals surface area contributed by atoms with Gasteiger partial charge in [-0.3, -0.25) is 0 Å². The minimum atomic E-state index is -0.434. The second kappa shape index (κ2) is 5.64. The van der Waals surface area contributed by atoms with E-state index in [1.807, 2.05) is 49.4 Å². The molecule has 0 aliphatic carbocycles. The summed E-state index contributed by atoms with van der Waals surface area (Å²) in [7, 11) is 1.67. The Bertz CT molecular complexity index is 549. The lowest BCUT2D eigenvalue weighted by atomic mass is 9.86. The summed E-state index contributed by atoms with van der Waals surface area (Å²) in [6.07, 6.45) is 0.742. The van der Waals surface area contributed by atoms with E-state index in [2.05, 4.69) is 6.07 Å². The zero-order valence-corrected chi connectivity index (χ0v) is 11.9. The molecule has 19 heavy (non-hydrogen) atoms. The zero-order chi connectivity index (χ0) is 13.9. The summed E-state index contributed by atoms with van der Waals surface area (Å²) in [5, 5.41) is 0.723. The van der Waals surface area contributed by atoms with Gasteiger partial charge in [0.25, 0.3) is 0 Å². The molecule has 0 aromatic heterocycles. The van der Waals surface area contributed by atoms with Gasteiger partial charge in [0.1, 0.15) is 5.75 Å². The monoisotopic (exact) mass is 275 g/mol. The van der Waals surface area contributed by atoms with Gasteiger partial charge in [-0.2, -0.15) is 0 Å². The van der Waals surface area contributed by atoms with Gasteiger partial charge in [0.2, 0.25) is 0 Å². The highest BCUT2D eigenvalue weighted by Crippen LogP contribution is 2.25. The molecule has 0 aliphatic heterocycles. The molecule has 1 unspecified atom stereocenters. The van der Waals surface area contributed by atoms with E-state index in [1.165, 1.54) is 0 Å². The Balaban J connectivity index is 2.22. The van der Waals surface area contributed by atoms with Crippen LogP contribution in [0, 0.1) is 0 Å². The number of benzene rings is 2. The van der Waals surface area contributed by atoms with Crippen molar-refractivity contribution in [3.63, 3.8) is 0 Å². The largest absolute Gasteiger partial charge is 0.497 e. The van der Waals surface area contributed by atoms with Gasteiger partial charge in [-0.15, -0.1) is 0 Å². The first kappa shape index (κ1) is 13.9. The second-order valence-corrected chi connectivity index (χ2v) is 5.39. The first-order chi connectivity index (χ1) is 9.01. The lowest BCUT2D eigenvalue weighted by molar-refractivity contribution is 0.413. The Morgan fingerprint density at radius 3 is 2.47 bits per heavy atom. The topological polar surface area (TPSA) is 35.2 Å². The van der Waals surface area contributed by atoms with Crippen molar-refractivity contribution in [3.05, 3.63) is 64.7 Å². The lowest BCUT2D eigenvalue weighted by Gasteiger charge is -2.25. The van der Waals surface area contributed by atoms with Crippen molar-refractivity contribution in [2.24, 2.45) is 5.73 Å². The predicted molar refractivity (Wildman–Crippen MR) is 79.7 cm³/mol. The van der Waals surface area contributed by atoms with Crippen molar-refractivity contribution in [2.45, 2.75) is 18.9 Å². The second-order valence-electron chi connectivity index (χ2n) is 4.95. The van der Waals surface area contributed by atoms with Gasteiger partial charge < -0.3 is 10.5 Å². The van der Waals surface area contributed by atoms with Crippen molar-refractivity contribution in [3.8, 4) is 5.75 Å². The quantitative estimate of drug-likeness (QED) is 0.922. The average Bonchev–Trinajstić information content (AvgIpc) is 2.39. The zero-order valence-electron chi connectivity index (χ0n) is 11.2. The number of hydrogen-bond donors (Lipinski definition) is 1. The van der Waals surface area contributed by atoms with Crippen LogP contribution < -0.4 is 10.5 Å². The summed E-state index contributed by atoms with van der Waals surface area (Å²) in [5.41, 5.74) is 8.22. The fourth-order valence-electron chi connectivity index (χ4n) is 2.14. The molecule has 100 valence electrons. The highest BCUT2D eigenvalue weighted by atomic mass is 35.5. The third-order valence-electron chi connectivity index (χ3n) is 3.21. The maximum absolute atomic E-state index is 6.43. The van der Waals surface area contributed by atoms with E-state index in [1.54, 1.807) is 7.11 Å². The molecule has 2 aromatic carbocycles. The number of hydrogen-bond acceptors (Lipinski definition) is 2. The molecular formula is C16H18ClNO. The highest BCUT2D eigenvalue weighted by molar-refractivity contribution is 6.30. The van der Waals surface area contributed by atoms with E-state index in [-0.39, 0.29) is 0 Å². The van der Waals surface area contributed by atoms with Crippen molar-refractivity contribution < 1.29 is 4.74 Å². The van der Waals surface area contributed by atoms with E-state index in [4.69, 9.17) is 22.1 Å². The summed E-state index contributed by atoms with van der Waals surface area (Å²) in [6, 6.07) is 15.7. The Morgan fingerprint density at radius 1 is 1.16 bits per heavy atom. The van der Waals surface area contributed by atoms with Crippen LogP contribution in [0.15, 0.2) is 48.5 Å². The molecule has 0 spiro atoms. The Hall–Kier alpha value is -1.51. The molecule has 1 atom stereocenters. The maximum atomic E-state index is 6.43. The maximum Gasteiger partial charge on any atom is 0.119 e. The fraction of sp³-hybridized carbons (Fsp3) is 0.250. The summed E-state index contributed by atoms with van der Waals surface area (Å²) >= 11 is 5.90. The van der Waals surface area contributed by atoms with E-state index in [9.17, 15) is 0 Å². The molecule has 0 bridgehead atoms. The van der Waals surface area contributed by atoms with Crippen LogP contribution in [-0.2, 0) is 12.0 Å². The Labute approximate surface area is 119 Å². The SMILES string of the molecule is COc1cccc(CC(C)(N)c2ccc(Cl)cc2)c1. The number of methoxy groups -OCH3 is 1. The number of nitrogens with two attached hydrogens (primary N) is 1. The van der Waals surface area contributed by atoms with E-state index < -0.39 is 5.54 Å². The predicted octanol–water partition coefficient (Wildman–Crippen LogP) is 3.77. The first-order valence-electron chi connectivity index (χ1n) is 6.19. The molecule has 0 radical (unpaired) electrons. The molecule has 0 amide bonds. The van der Waals surface area contributed by atoms with Crippen LogP contribution in [0.1, 0.15) is 18.1 Å². The third kappa shape index (κ3) is 3.49. The summed E-state index contributed by atoms with van der Waals surface area (Å²) in [5.74, 6) is 0.851. The van der Waals surface area contributed by atoms with Gasteiger partial charge in [0, 0.05) is 10.6 Å². The lowest BCUT2D eigenvalue weighted by Crippen LogP contribution is -2.35. The Kier molecular flexibility index (Phi) is 4.13. The first-order valence-corrected chi connectivity index (χ1v) is 6.57. The third-order valence-corrected chi connectivity index (χ3v) is 3.46. The molecular weight excluding hydrogens is 258 g/mol. The van der Waals surface area contributed by atoms with Gasteiger partial charge in [-0.25, -0.2) is 0 Å². The minimum Gasteiger partial charge on any atom is -0.497 e. The Morgan fingerprint density at radius 2 is 1.84 bits per heavy atom. The van der Waals surface area contributed by atoms with Crippen LogP contribution >= 0.6 is 11.6 Å². The van der Waals surface area contributed by atoms with Crippen molar-refractivity contribution >= 4 is 11.6 Å². The molecule has 0 heterocycles. The minimum absolute atomic E-state index is 0.434. The van der Waals surface area contributed by atoms with E-state index in [0.717, 1.165) is 28.3 Å². The van der Waals surface area contributed by atoms with Crippen LogP contribution in [0.2, 0.25) is 5.02 Å². The van der Waals surface area contributed by atoms with Gasteiger partial charge in [0.15, 0.2) is 0 Å². The number of rotatable bonds is 4. The van der Waals surface area contributed by atoms with Crippen LogP contribution in [0.25, 0.3) is 0 Å². The molecule has 0 fully saturated rings. The number of ether oxygens (including phenoxy) is 1. The molecule has 3 heteroatoms.